The first kappa shape index (κ1) is 29.7. The Hall–Kier alpha value is -2.87. The lowest BCUT2D eigenvalue weighted by Crippen LogP contribution is -2.50. The molecule has 0 unspecified atom stereocenters. The van der Waals surface area contributed by atoms with E-state index in [-0.39, 0.29) is 30.8 Å². The predicted octanol–water partition coefficient (Wildman–Crippen LogP) is 5.02. The summed E-state index contributed by atoms with van der Waals surface area (Å²) >= 11 is 0. The quantitative estimate of drug-likeness (QED) is 0.433. The van der Waals surface area contributed by atoms with Crippen molar-refractivity contribution in [3.8, 4) is 0 Å². The molecule has 1 fully saturated rings. The van der Waals surface area contributed by atoms with Crippen LogP contribution in [0.4, 0.5) is 5.69 Å². The van der Waals surface area contributed by atoms with E-state index in [4.69, 9.17) is 0 Å². The molecule has 0 spiro atoms. The maximum absolute atomic E-state index is 13.5. The topological polar surface area (TPSA) is 86.8 Å². The Balaban J connectivity index is 1.74. The van der Waals surface area contributed by atoms with Gasteiger partial charge in [0.2, 0.25) is 21.8 Å². The van der Waals surface area contributed by atoms with Crippen molar-refractivity contribution in [1.82, 2.24) is 10.2 Å². The Bertz CT molecular complexity index is 1220. The molecule has 0 heterocycles. The van der Waals surface area contributed by atoms with Gasteiger partial charge in [0.15, 0.2) is 0 Å². The van der Waals surface area contributed by atoms with Crippen molar-refractivity contribution in [2.75, 3.05) is 17.1 Å². The fourth-order valence-electron chi connectivity index (χ4n) is 5.13. The van der Waals surface area contributed by atoms with Gasteiger partial charge in [-0.3, -0.25) is 13.9 Å². The van der Waals surface area contributed by atoms with Crippen molar-refractivity contribution in [3.63, 3.8) is 0 Å². The van der Waals surface area contributed by atoms with Crippen molar-refractivity contribution < 1.29 is 18.0 Å². The van der Waals surface area contributed by atoms with E-state index in [1.165, 1.54) is 17.0 Å². The first-order chi connectivity index (χ1) is 18.0. The zero-order chi connectivity index (χ0) is 27.9. The van der Waals surface area contributed by atoms with Crippen LogP contribution in [0.3, 0.4) is 0 Å². The second kappa shape index (κ2) is 13.3. The van der Waals surface area contributed by atoms with Crippen molar-refractivity contribution in [2.24, 2.45) is 0 Å². The van der Waals surface area contributed by atoms with Crippen LogP contribution in [-0.2, 0) is 26.2 Å². The molecular weight excluding hydrogens is 498 g/mol. The van der Waals surface area contributed by atoms with Crippen LogP contribution in [-0.4, -0.2) is 50.0 Å². The van der Waals surface area contributed by atoms with Crippen LogP contribution in [0.15, 0.2) is 42.5 Å². The fraction of sp³-hybridized carbons (Fsp3) is 0.533. The fourth-order valence-corrected chi connectivity index (χ4v) is 6.14. The van der Waals surface area contributed by atoms with E-state index in [0.29, 0.717) is 18.7 Å². The highest BCUT2D eigenvalue weighted by Gasteiger charge is 2.28. The summed E-state index contributed by atoms with van der Waals surface area (Å²) in [6, 6.07) is 13.2. The van der Waals surface area contributed by atoms with Crippen LogP contribution < -0.4 is 9.62 Å². The SMILES string of the molecule is Cc1cccc(CN(C(=O)CCCN(c2cc(C)ccc2C)S(C)(=O)=O)[C@@H](C)C(=O)NC2CCCCC2)c1. The average molecular weight is 542 g/mol. The van der Waals surface area contributed by atoms with Gasteiger partial charge in [0.05, 0.1) is 11.9 Å². The number of benzene rings is 2. The second-order valence-electron chi connectivity index (χ2n) is 10.8. The zero-order valence-corrected chi connectivity index (χ0v) is 24.3. The van der Waals surface area contributed by atoms with Crippen LogP contribution in [0.25, 0.3) is 0 Å². The Kier molecular flexibility index (Phi) is 10.4. The van der Waals surface area contributed by atoms with Gasteiger partial charge in [0, 0.05) is 25.6 Å². The number of sulfonamides is 1. The van der Waals surface area contributed by atoms with Gasteiger partial charge >= 0.3 is 0 Å². The summed E-state index contributed by atoms with van der Waals surface area (Å²) in [5.41, 5.74) is 4.52. The average Bonchev–Trinajstić information content (AvgIpc) is 2.86. The van der Waals surface area contributed by atoms with Crippen LogP contribution in [0.1, 0.15) is 74.1 Å². The monoisotopic (exact) mass is 541 g/mol. The molecule has 2 aromatic rings. The van der Waals surface area contributed by atoms with Crippen molar-refractivity contribution in [1.29, 1.82) is 0 Å². The van der Waals surface area contributed by atoms with E-state index < -0.39 is 16.1 Å². The van der Waals surface area contributed by atoms with Gasteiger partial charge in [0.25, 0.3) is 0 Å². The summed E-state index contributed by atoms with van der Waals surface area (Å²) < 4.78 is 26.7. The second-order valence-corrected chi connectivity index (χ2v) is 12.7. The molecule has 1 N–H and O–H groups in total. The molecule has 2 aromatic carbocycles. The number of rotatable bonds is 11. The third-order valence-electron chi connectivity index (χ3n) is 7.34. The molecule has 0 saturated heterocycles. The van der Waals surface area contributed by atoms with Gasteiger partial charge < -0.3 is 10.2 Å². The summed E-state index contributed by atoms with van der Waals surface area (Å²) in [5.74, 6) is -0.293. The summed E-state index contributed by atoms with van der Waals surface area (Å²) in [6.07, 6.45) is 7.06. The minimum absolute atomic E-state index is 0.133. The summed E-state index contributed by atoms with van der Waals surface area (Å²) in [7, 11) is -3.53. The van der Waals surface area contributed by atoms with Gasteiger partial charge in [-0.25, -0.2) is 8.42 Å². The van der Waals surface area contributed by atoms with Gasteiger partial charge in [-0.1, -0.05) is 61.2 Å². The molecule has 1 aliphatic rings. The predicted molar refractivity (Wildman–Crippen MR) is 154 cm³/mol. The van der Waals surface area contributed by atoms with Crippen molar-refractivity contribution in [2.45, 2.75) is 91.3 Å². The molecule has 3 rings (SSSR count). The third-order valence-corrected chi connectivity index (χ3v) is 8.52. The summed E-state index contributed by atoms with van der Waals surface area (Å²) in [6.45, 7) is 8.11. The normalized spacial score (nSPS) is 15.1. The number of hydrogen-bond donors (Lipinski definition) is 1. The molecule has 0 bridgehead atoms. The zero-order valence-electron chi connectivity index (χ0n) is 23.5. The van der Waals surface area contributed by atoms with Gasteiger partial charge in [0.1, 0.15) is 6.04 Å². The number of amides is 2. The molecule has 2 amide bonds. The number of anilines is 1. The van der Waals surface area contributed by atoms with E-state index in [0.717, 1.165) is 47.9 Å². The van der Waals surface area contributed by atoms with E-state index >= 15 is 0 Å². The molecule has 208 valence electrons. The van der Waals surface area contributed by atoms with Gasteiger partial charge in [-0.15, -0.1) is 0 Å². The standard InChI is InChI=1S/C30H43N3O4S/c1-22-11-9-12-26(19-22)21-32(25(4)30(35)31-27-13-7-6-8-14-27)29(34)15-10-18-33(38(5,36)37)28-20-23(2)16-17-24(28)3/h9,11-12,16-17,19-20,25,27H,6-8,10,13-15,18,21H2,1-5H3,(H,31,35)/t25-/m0/s1. The van der Waals surface area contributed by atoms with Gasteiger partial charge in [-0.05, 0) is 69.7 Å². The van der Waals surface area contributed by atoms with Crippen molar-refractivity contribution in [3.05, 3.63) is 64.7 Å². The van der Waals surface area contributed by atoms with E-state index in [1.54, 1.807) is 11.8 Å². The molecule has 0 aliphatic heterocycles. The van der Waals surface area contributed by atoms with E-state index in [9.17, 15) is 18.0 Å². The Morgan fingerprint density at radius 2 is 1.68 bits per heavy atom. The van der Waals surface area contributed by atoms with Crippen molar-refractivity contribution >= 4 is 27.5 Å². The Morgan fingerprint density at radius 3 is 2.34 bits per heavy atom. The maximum Gasteiger partial charge on any atom is 0.242 e. The minimum Gasteiger partial charge on any atom is -0.352 e. The lowest BCUT2D eigenvalue weighted by Gasteiger charge is -2.31. The summed E-state index contributed by atoms with van der Waals surface area (Å²) in [4.78, 5) is 28.4. The highest BCUT2D eigenvalue weighted by molar-refractivity contribution is 7.92. The number of hydrogen-bond acceptors (Lipinski definition) is 4. The van der Waals surface area contributed by atoms with Gasteiger partial charge in [-0.2, -0.15) is 0 Å². The number of nitrogens with one attached hydrogen (secondary N) is 1. The van der Waals surface area contributed by atoms with E-state index in [1.807, 2.05) is 63.2 Å². The lowest BCUT2D eigenvalue weighted by molar-refractivity contribution is -0.141. The molecule has 1 saturated carbocycles. The van der Waals surface area contributed by atoms with Crippen LogP contribution in [0.2, 0.25) is 0 Å². The first-order valence-corrected chi connectivity index (χ1v) is 15.5. The molecule has 0 aromatic heterocycles. The molecule has 7 nitrogen and oxygen atoms in total. The first-order valence-electron chi connectivity index (χ1n) is 13.7. The maximum atomic E-state index is 13.5. The Labute approximate surface area is 228 Å². The smallest absolute Gasteiger partial charge is 0.242 e. The lowest BCUT2D eigenvalue weighted by atomic mass is 9.95. The summed E-state index contributed by atoms with van der Waals surface area (Å²) in [5, 5.41) is 3.16. The van der Waals surface area contributed by atoms with Crippen LogP contribution in [0, 0.1) is 20.8 Å². The number of carbonyl (C=O) groups is 2. The van der Waals surface area contributed by atoms with Crippen LogP contribution >= 0.6 is 0 Å². The molecule has 0 radical (unpaired) electrons. The molecule has 1 atom stereocenters. The third kappa shape index (κ3) is 8.32. The van der Waals surface area contributed by atoms with Crippen LogP contribution in [0.5, 0.6) is 0 Å². The molecule has 38 heavy (non-hydrogen) atoms. The minimum atomic E-state index is -3.53. The number of aryl methyl sites for hydroxylation is 3. The van der Waals surface area contributed by atoms with E-state index in [2.05, 4.69) is 5.32 Å². The highest BCUT2D eigenvalue weighted by atomic mass is 32.2. The number of carbonyl (C=O) groups excluding carboxylic acids is 2. The molecule has 8 heteroatoms. The molecule has 1 aliphatic carbocycles. The highest BCUT2D eigenvalue weighted by Crippen LogP contribution is 2.25. The largest absolute Gasteiger partial charge is 0.352 e. The molecular formula is C30H43N3O4S. The Morgan fingerprint density at radius 1 is 1.00 bits per heavy atom. The number of nitrogens with zero attached hydrogens (tertiary/aromatic N) is 2.